The van der Waals surface area contributed by atoms with E-state index in [4.69, 9.17) is 0 Å². The summed E-state index contributed by atoms with van der Waals surface area (Å²) < 4.78 is 0. The summed E-state index contributed by atoms with van der Waals surface area (Å²) in [5.74, 6) is 0.0782. The van der Waals surface area contributed by atoms with Gasteiger partial charge in [0.1, 0.15) is 0 Å². The molecular formula is C20H24ClN3O2S. The topological polar surface area (TPSA) is 61.4 Å². The minimum absolute atomic E-state index is 0. The molecule has 1 aromatic heterocycles. The van der Waals surface area contributed by atoms with Gasteiger partial charge >= 0.3 is 0 Å². The molecule has 3 heterocycles. The number of nitrogens with zero attached hydrogens (tertiary/aromatic N) is 1. The van der Waals surface area contributed by atoms with E-state index in [0.717, 1.165) is 43.7 Å². The number of halogens is 1. The molecular weight excluding hydrogens is 382 g/mol. The number of carbonyl (C=O) groups is 2. The number of benzene rings is 1. The summed E-state index contributed by atoms with van der Waals surface area (Å²) in [6.45, 7) is 4.93. The number of carbonyl (C=O) groups excluding carboxylic acids is 2. The van der Waals surface area contributed by atoms with Crippen LogP contribution in [0.25, 0.3) is 0 Å². The van der Waals surface area contributed by atoms with Gasteiger partial charge in [-0.25, -0.2) is 0 Å². The van der Waals surface area contributed by atoms with Gasteiger partial charge < -0.3 is 15.5 Å². The second kappa shape index (κ2) is 8.42. The maximum atomic E-state index is 13.1. The lowest BCUT2D eigenvalue weighted by molar-refractivity contribution is -0.119. The Morgan fingerprint density at radius 2 is 2.15 bits per heavy atom. The molecule has 4 rings (SSSR count). The first-order valence-electron chi connectivity index (χ1n) is 9.09. The van der Waals surface area contributed by atoms with Gasteiger partial charge in [0.25, 0.3) is 5.91 Å². The Kier molecular flexibility index (Phi) is 6.19. The third kappa shape index (κ3) is 4.03. The zero-order valence-corrected chi connectivity index (χ0v) is 16.9. The predicted octanol–water partition coefficient (Wildman–Crippen LogP) is 3.22. The van der Waals surface area contributed by atoms with Crippen LogP contribution >= 0.6 is 23.7 Å². The van der Waals surface area contributed by atoms with Gasteiger partial charge in [-0.1, -0.05) is 6.07 Å². The van der Waals surface area contributed by atoms with Crippen LogP contribution < -0.4 is 10.6 Å². The van der Waals surface area contributed by atoms with E-state index in [9.17, 15) is 9.59 Å². The van der Waals surface area contributed by atoms with Crippen LogP contribution in [-0.2, 0) is 17.8 Å². The maximum absolute atomic E-state index is 13.1. The minimum atomic E-state index is 0. The largest absolute Gasteiger partial charge is 0.334 e. The maximum Gasteiger partial charge on any atom is 0.254 e. The Bertz CT molecular complexity index is 846. The summed E-state index contributed by atoms with van der Waals surface area (Å²) in [6, 6.07) is 7.69. The van der Waals surface area contributed by atoms with Crippen molar-refractivity contribution >= 4 is 41.2 Å². The van der Waals surface area contributed by atoms with Crippen molar-refractivity contribution in [2.45, 2.75) is 26.3 Å². The summed E-state index contributed by atoms with van der Waals surface area (Å²) in [5.41, 5.74) is 3.50. The van der Waals surface area contributed by atoms with E-state index >= 15 is 0 Å². The second-order valence-electron chi connectivity index (χ2n) is 7.00. The van der Waals surface area contributed by atoms with E-state index in [0.29, 0.717) is 12.1 Å². The van der Waals surface area contributed by atoms with Crippen LogP contribution in [-0.4, -0.2) is 36.3 Å². The van der Waals surface area contributed by atoms with Crippen molar-refractivity contribution < 1.29 is 9.59 Å². The smallest absolute Gasteiger partial charge is 0.254 e. The molecule has 144 valence electrons. The number of hydrogen-bond donors (Lipinski definition) is 2. The molecule has 0 bridgehead atoms. The first-order valence-corrected chi connectivity index (χ1v) is 9.97. The van der Waals surface area contributed by atoms with E-state index in [-0.39, 0.29) is 30.1 Å². The van der Waals surface area contributed by atoms with E-state index in [1.54, 1.807) is 11.3 Å². The van der Waals surface area contributed by atoms with E-state index < -0.39 is 0 Å². The van der Waals surface area contributed by atoms with Gasteiger partial charge in [0.05, 0.1) is 5.92 Å². The summed E-state index contributed by atoms with van der Waals surface area (Å²) in [4.78, 5) is 28.8. The summed E-state index contributed by atoms with van der Waals surface area (Å²) in [7, 11) is 0. The van der Waals surface area contributed by atoms with Crippen molar-refractivity contribution in [3.05, 3.63) is 51.2 Å². The van der Waals surface area contributed by atoms with Crippen LogP contribution in [0, 0.1) is 12.8 Å². The number of amides is 2. The van der Waals surface area contributed by atoms with Gasteiger partial charge in [0, 0.05) is 35.8 Å². The monoisotopic (exact) mass is 405 g/mol. The second-order valence-corrected chi connectivity index (χ2v) is 8.00. The van der Waals surface area contributed by atoms with Gasteiger partial charge in [-0.15, -0.1) is 23.7 Å². The molecule has 1 fully saturated rings. The highest BCUT2D eigenvalue weighted by molar-refractivity contribution is 7.10. The van der Waals surface area contributed by atoms with Crippen molar-refractivity contribution in [3.8, 4) is 0 Å². The van der Waals surface area contributed by atoms with Gasteiger partial charge in [-0.3, -0.25) is 9.59 Å². The van der Waals surface area contributed by atoms with Crippen LogP contribution in [0.1, 0.15) is 32.8 Å². The molecule has 2 aliphatic rings. The van der Waals surface area contributed by atoms with Gasteiger partial charge in [-0.2, -0.15) is 0 Å². The van der Waals surface area contributed by atoms with Crippen molar-refractivity contribution in [3.63, 3.8) is 0 Å². The van der Waals surface area contributed by atoms with Crippen molar-refractivity contribution in [2.75, 3.05) is 25.0 Å². The fourth-order valence-electron chi connectivity index (χ4n) is 3.71. The molecule has 0 spiro atoms. The first kappa shape index (κ1) is 19.9. The standard InChI is InChI=1S/C20H23N3O2S.ClH/c1-13-16(20(25)23-9-6-18-15(12-23)7-10-26-18)3-2-4-17(13)22-19(24)14-5-8-21-11-14;/h2-4,7,10,14,21H,5-6,8-9,11-12H2,1H3,(H,22,24);1H. The Morgan fingerprint density at radius 3 is 2.93 bits per heavy atom. The molecule has 2 amide bonds. The predicted molar refractivity (Wildman–Crippen MR) is 111 cm³/mol. The number of hydrogen-bond acceptors (Lipinski definition) is 4. The van der Waals surface area contributed by atoms with Crippen LogP contribution in [0.4, 0.5) is 5.69 Å². The SMILES string of the molecule is Cc1c(NC(=O)C2CCNC2)cccc1C(=O)N1CCc2sccc2C1.Cl. The molecule has 2 N–H and O–H groups in total. The third-order valence-corrected chi connectivity index (χ3v) is 6.37. The van der Waals surface area contributed by atoms with Crippen molar-refractivity contribution in [2.24, 2.45) is 5.92 Å². The van der Waals surface area contributed by atoms with Crippen LogP contribution in [0.2, 0.25) is 0 Å². The number of fused-ring (bicyclic) bond motifs is 1. The van der Waals surface area contributed by atoms with Crippen molar-refractivity contribution in [1.82, 2.24) is 10.2 Å². The molecule has 1 aromatic carbocycles. The number of nitrogens with one attached hydrogen (secondary N) is 2. The van der Waals surface area contributed by atoms with Crippen LogP contribution in [0.5, 0.6) is 0 Å². The number of anilines is 1. The van der Waals surface area contributed by atoms with Crippen molar-refractivity contribution in [1.29, 1.82) is 0 Å². The summed E-state index contributed by atoms with van der Waals surface area (Å²) in [5, 5.41) is 8.32. The van der Waals surface area contributed by atoms with Gasteiger partial charge in [0.15, 0.2) is 0 Å². The first-order chi connectivity index (χ1) is 12.6. The zero-order chi connectivity index (χ0) is 18.1. The van der Waals surface area contributed by atoms with Gasteiger partial charge in [-0.05, 0) is 61.0 Å². The molecule has 27 heavy (non-hydrogen) atoms. The Labute approximate surface area is 169 Å². The van der Waals surface area contributed by atoms with E-state index in [1.165, 1.54) is 10.4 Å². The zero-order valence-electron chi connectivity index (χ0n) is 15.3. The molecule has 0 aliphatic carbocycles. The lowest BCUT2D eigenvalue weighted by atomic mass is 10.0. The Hall–Kier alpha value is -1.89. The lowest BCUT2D eigenvalue weighted by Crippen LogP contribution is -2.35. The molecule has 2 aromatic rings. The molecule has 1 atom stereocenters. The average molecular weight is 406 g/mol. The lowest BCUT2D eigenvalue weighted by Gasteiger charge is -2.28. The number of rotatable bonds is 3. The highest BCUT2D eigenvalue weighted by atomic mass is 35.5. The average Bonchev–Trinajstić information content (AvgIpc) is 3.34. The molecule has 0 radical (unpaired) electrons. The number of thiophene rings is 1. The highest BCUT2D eigenvalue weighted by Crippen LogP contribution is 2.27. The summed E-state index contributed by atoms with van der Waals surface area (Å²) in [6.07, 6.45) is 1.78. The quantitative estimate of drug-likeness (QED) is 0.824. The van der Waals surface area contributed by atoms with Gasteiger partial charge in [0.2, 0.25) is 5.91 Å². The molecule has 1 saturated heterocycles. The molecule has 0 saturated carbocycles. The minimum Gasteiger partial charge on any atom is -0.334 e. The van der Waals surface area contributed by atoms with Crippen LogP contribution in [0.15, 0.2) is 29.6 Å². The normalized spacial score (nSPS) is 18.6. The Morgan fingerprint density at radius 1 is 1.30 bits per heavy atom. The molecule has 2 aliphatic heterocycles. The van der Waals surface area contributed by atoms with Crippen LogP contribution in [0.3, 0.4) is 0 Å². The summed E-state index contributed by atoms with van der Waals surface area (Å²) >= 11 is 1.77. The Balaban J connectivity index is 0.00000210. The molecule has 7 heteroatoms. The highest BCUT2D eigenvalue weighted by Gasteiger charge is 2.26. The fraction of sp³-hybridized carbons (Fsp3) is 0.400. The molecule has 1 unspecified atom stereocenters. The van der Waals surface area contributed by atoms with E-state index in [2.05, 4.69) is 22.1 Å². The third-order valence-electron chi connectivity index (χ3n) is 5.35. The van der Waals surface area contributed by atoms with E-state index in [1.807, 2.05) is 30.0 Å². The fourth-order valence-corrected chi connectivity index (χ4v) is 4.60. The molecule has 5 nitrogen and oxygen atoms in total.